The highest BCUT2D eigenvalue weighted by Gasteiger charge is 2.12. The summed E-state index contributed by atoms with van der Waals surface area (Å²) < 4.78 is 5.75. The van der Waals surface area contributed by atoms with Gasteiger partial charge in [0, 0.05) is 0 Å². The van der Waals surface area contributed by atoms with Gasteiger partial charge in [0.2, 0.25) is 0 Å². The van der Waals surface area contributed by atoms with Crippen LogP contribution in [0.1, 0.15) is 29.5 Å². The predicted octanol–water partition coefficient (Wildman–Crippen LogP) is 3.76. The largest absolute Gasteiger partial charge is 0.489 e. The van der Waals surface area contributed by atoms with Crippen LogP contribution < -0.4 is 4.74 Å². The van der Waals surface area contributed by atoms with Crippen molar-refractivity contribution in [1.82, 2.24) is 0 Å². The Morgan fingerprint density at radius 3 is 2.40 bits per heavy atom. The summed E-state index contributed by atoms with van der Waals surface area (Å²) in [6.07, 6.45) is 0. The van der Waals surface area contributed by atoms with E-state index in [1.165, 1.54) is 0 Å². The minimum atomic E-state index is -0.811. The number of rotatable bonds is 5. The van der Waals surface area contributed by atoms with Crippen LogP contribution in [0.25, 0.3) is 0 Å². The summed E-state index contributed by atoms with van der Waals surface area (Å²) in [5.41, 5.74) is 2.93. The molecule has 0 aromatic heterocycles. The van der Waals surface area contributed by atoms with Crippen molar-refractivity contribution in [3.8, 4) is 5.75 Å². The maximum absolute atomic E-state index is 10.9. The SMILES string of the molecule is Cc1ccccc1OCc1ccc(C(C)C(=O)O)cc1. The zero-order valence-electron chi connectivity index (χ0n) is 11.7. The van der Waals surface area contributed by atoms with E-state index in [4.69, 9.17) is 9.84 Å². The van der Waals surface area contributed by atoms with Crippen molar-refractivity contribution in [2.24, 2.45) is 0 Å². The molecule has 0 bridgehead atoms. The van der Waals surface area contributed by atoms with E-state index < -0.39 is 11.9 Å². The van der Waals surface area contributed by atoms with Gasteiger partial charge in [-0.3, -0.25) is 4.79 Å². The van der Waals surface area contributed by atoms with E-state index in [9.17, 15) is 4.79 Å². The molecule has 0 amide bonds. The van der Waals surface area contributed by atoms with E-state index in [1.807, 2.05) is 55.5 Å². The first-order valence-electron chi connectivity index (χ1n) is 6.58. The Labute approximate surface area is 118 Å². The average Bonchev–Trinajstić information content (AvgIpc) is 2.46. The van der Waals surface area contributed by atoms with Crippen molar-refractivity contribution < 1.29 is 14.6 Å². The van der Waals surface area contributed by atoms with Crippen LogP contribution in [-0.4, -0.2) is 11.1 Å². The minimum Gasteiger partial charge on any atom is -0.489 e. The Kier molecular flexibility index (Phi) is 4.41. The third-order valence-electron chi connectivity index (χ3n) is 3.34. The van der Waals surface area contributed by atoms with Gasteiger partial charge in [-0.05, 0) is 36.6 Å². The van der Waals surface area contributed by atoms with E-state index in [0.717, 1.165) is 22.4 Å². The molecule has 2 rings (SSSR count). The number of ether oxygens (including phenoxy) is 1. The van der Waals surface area contributed by atoms with Crippen molar-refractivity contribution in [2.45, 2.75) is 26.4 Å². The summed E-state index contributed by atoms with van der Waals surface area (Å²) in [5, 5.41) is 8.96. The van der Waals surface area contributed by atoms with Crippen molar-refractivity contribution in [2.75, 3.05) is 0 Å². The molecule has 1 N–H and O–H groups in total. The summed E-state index contributed by atoms with van der Waals surface area (Å²) in [6.45, 7) is 4.17. The second kappa shape index (κ2) is 6.24. The predicted molar refractivity (Wildman–Crippen MR) is 78.0 cm³/mol. The van der Waals surface area contributed by atoms with Gasteiger partial charge in [0.25, 0.3) is 0 Å². The van der Waals surface area contributed by atoms with Crippen LogP contribution in [0, 0.1) is 6.92 Å². The number of hydrogen-bond donors (Lipinski definition) is 1. The molecule has 0 spiro atoms. The van der Waals surface area contributed by atoms with Crippen molar-refractivity contribution in [1.29, 1.82) is 0 Å². The van der Waals surface area contributed by atoms with Crippen LogP contribution in [0.5, 0.6) is 5.75 Å². The van der Waals surface area contributed by atoms with Crippen LogP contribution >= 0.6 is 0 Å². The van der Waals surface area contributed by atoms with Crippen LogP contribution in [0.2, 0.25) is 0 Å². The molecule has 0 fully saturated rings. The zero-order valence-corrected chi connectivity index (χ0v) is 11.7. The molecular formula is C17H18O3. The highest BCUT2D eigenvalue weighted by atomic mass is 16.5. The number of aryl methyl sites for hydroxylation is 1. The molecule has 2 aromatic carbocycles. The van der Waals surface area contributed by atoms with Gasteiger partial charge in [-0.15, -0.1) is 0 Å². The first kappa shape index (κ1) is 14.1. The number of para-hydroxylation sites is 1. The van der Waals surface area contributed by atoms with Crippen LogP contribution in [0.3, 0.4) is 0 Å². The molecule has 20 heavy (non-hydrogen) atoms. The maximum atomic E-state index is 10.9. The van der Waals surface area contributed by atoms with Gasteiger partial charge in [-0.25, -0.2) is 0 Å². The standard InChI is InChI=1S/C17H18O3/c1-12-5-3-4-6-16(12)20-11-14-7-9-15(10-8-14)13(2)17(18)19/h3-10,13H,11H2,1-2H3,(H,18,19). The third-order valence-corrected chi connectivity index (χ3v) is 3.34. The first-order chi connectivity index (χ1) is 9.58. The molecule has 0 aliphatic rings. The molecule has 0 aliphatic heterocycles. The fourth-order valence-electron chi connectivity index (χ4n) is 1.92. The van der Waals surface area contributed by atoms with E-state index >= 15 is 0 Å². The quantitative estimate of drug-likeness (QED) is 0.899. The molecule has 0 heterocycles. The van der Waals surface area contributed by atoms with Gasteiger partial charge in [0.1, 0.15) is 12.4 Å². The van der Waals surface area contributed by atoms with Gasteiger partial charge >= 0.3 is 5.97 Å². The molecule has 3 nitrogen and oxygen atoms in total. The summed E-state index contributed by atoms with van der Waals surface area (Å²) >= 11 is 0. The molecule has 1 unspecified atom stereocenters. The number of benzene rings is 2. The number of carbonyl (C=O) groups is 1. The summed E-state index contributed by atoms with van der Waals surface area (Å²) in [6, 6.07) is 15.4. The Hall–Kier alpha value is -2.29. The molecule has 0 aliphatic carbocycles. The van der Waals surface area contributed by atoms with E-state index in [-0.39, 0.29) is 0 Å². The Balaban J connectivity index is 2.01. The van der Waals surface area contributed by atoms with Crippen molar-refractivity contribution in [3.05, 3.63) is 65.2 Å². The third kappa shape index (κ3) is 3.38. The topological polar surface area (TPSA) is 46.5 Å². The van der Waals surface area contributed by atoms with E-state index in [1.54, 1.807) is 6.92 Å². The number of carboxylic acids is 1. The highest BCUT2D eigenvalue weighted by Crippen LogP contribution is 2.19. The molecule has 104 valence electrons. The number of aliphatic carboxylic acids is 1. The molecular weight excluding hydrogens is 252 g/mol. The second-order valence-electron chi connectivity index (χ2n) is 4.86. The summed E-state index contributed by atoms with van der Waals surface area (Å²) in [5.74, 6) is -0.425. The second-order valence-corrected chi connectivity index (χ2v) is 4.86. The lowest BCUT2D eigenvalue weighted by molar-refractivity contribution is -0.138. The van der Waals surface area contributed by atoms with Crippen LogP contribution in [0.4, 0.5) is 0 Å². The molecule has 3 heteroatoms. The lowest BCUT2D eigenvalue weighted by atomic mass is 10.0. The molecule has 0 saturated heterocycles. The van der Waals surface area contributed by atoms with Gasteiger partial charge in [0.15, 0.2) is 0 Å². The van der Waals surface area contributed by atoms with Crippen molar-refractivity contribution in [3.63, 3.8) is 0 Å². The molecule has 2 aromatic rings. The first-order valence-corrected chi connectivity index (χ1v) is 6.58. The van der Waals surface area contributed by atoms with E-state index in [0.29, 0.717) is 6.61 Å². The Bertz CT molecular complexity index is 587. The highest BCUT2D eigenvalue weighted by molar-refractivity contribution is 5.75. The van der Waals surface area contributed by atoms with E-state index in [2.05, 4.69) is 0 Å². The maximum Gasteiger partial charge on any atom is 0.310 e. The van der Waals surface area contributed by atoms with Gasteiger partial charge in [0.05, 0.1) is 5.92 Å². The number of hydrogen-bond acceptors (Lipinski definition) is 2. The Morgan fingerprint density at radius 2 is 1.80 bits per heavy atom. The van der Waals surface area contributed by atoms with Gasteiger partial charge < -0.3 is 9.84 Å². The average molecular weight is 270 g/mol. The van der Waals surface area contributed by atoms with Gasteiger partial charge in [-0.1, -0.05) is 42.5 Å². The molecule has 0 saturated carbocycles. The normalized spacial score (nSPS) is 11.9. The monoisotopic (exact) mass is 270 g/mol. The summed E-state index contributed by atoms with van der Waals surface area (Å²) in [7, 11) is 0. The zero-order chi connectivity index (χ0) is 14.5. The number of carboxylic acid groups (broad SMARTS) is 1. The molecule has 0 radical (unpaired) electrons. The van der Waals surface area contributed by atoms with Crippen LogP contribution in [-0.2, 0) is 11.4 Å². The Morgan fingerprint density at radius 1 is 1.15 bits per heavy atom. The minimum absolute atomic E-state index is 0.479. The van der Waals surface area contributed by atoms with Crippen LogP contribution in [0.15, 0.2) is 48.5 Å². The molecule has 1 atom stereocenters. The van der Waals surface area contributed by atoms with Gasteiger partial charge in [-0.2, -0.15) is 0 Å². The smallest absolute Gasteiger partial charge is 0.310 e. The summed E-state index contributed by atoms with van der Waals surface area (Å²) in [4.78, 5) is 10.9. The van der Waals surface area contributed by atoms with Crippen molar-refractivity contribution >= 4 is 5.97 Å². The fraction of sp³-hybridized carbons (Fsp3) is 0.235. The lowest BCUT2D eigenvalue weighted by Crippen LogP contribution is -2.07. The fourth-order valence-corrected chi connectivity index (χ4v) is 1.92. The lowest BCUT2D eigenvalue weighted by Gasteiger charge is -2.10.